The summed E-state index contributed by atoms with van der Waals surface area (Å²) in [7, 11) is 0. The molecule has 3 N–H and O–H groups in total. The second-order valence-corrected chi connectivity index (χ2v) is 6.93. The number of carboxylic acid groups (broad SMARTS) is 1. The van der Waals surface area contributed by atoms with Gasteiger partial charge in [-0.2, -0.15) is 5.26 Å². The van der Waals surface area contributed by atoms with E-state index in [4.69, 9.17) is 10.8 Å². The zero-order valence-corrected chi connectivity index (χ0v) is 14.5. The number of nitrogen functional groups attached to an aromatic ring is 1. The summed E-state index contributed by atoms with van der Waals surface area (Å²) in [5, 5.41) is 18.7. The van der Waals surface area contributed by atoms with Crippen LogP contribution in [0, 0.1) is 17.2 Å². The van der Waals surface area contributed by atoms with E-state index in [9.17, 15) is 10.1 Å². The average Bonchev–Trinajstić information content (AvgIpc) is 3.03. The third-order valence-corrected chi connectivity index (χ3v) is 4.87. The maximum absolute atomic E-state index is 11.1. The fourth-order valence-corrected chi connectivity index (χ4v) is 3.59. The average molecular weight is 338 g/mol. The Labute approximate surface area is 146 Å². The molecule has 1 atom stereocenters. The number of carboxylic acids is 1. The van der Waals surface area contributed by atoms with Gasteiger partial charge in [0.25, 0.3) is 0 Å². The van der Waals surface area contributed by atoms with Gasteiger partial charge in [0.2, 0.25) is 0 Å². The zero-order valence-electron chi connectivity index (χ0n) is 14.5. The van der Waals surface area contributed by atoms with Gasteiger partial charge in [0, 0.05) is 41.7 Å². The molecule has 0 radical (unpaired) electrons. The monoisotopic (exact) mass is 338 g/mol. The number of nitrogens with two attached hydrogens (primary N) is 1. The predicted octanol–water partition coefficient (Wildman–Crippen LogP) is 3.16. The maximum Gasteiger partial charge on any atom is 0.303 e. The Morgan fingerprint density at radius 1 is 1.56 bits per heavy atom. The molecule has 1 aliphatic carbocycles. The molecular formula is C19H22N4O2. The van der Waals surface area contributed by atoms with Crippen LogP contribution in [0.2, 0.25) is 0 Å². The number of pyridine rings is 1. The van der Waals surface area contributed by atoms with Crippen molar-refractivity contribution in [1.82, 2.24) is 9.55 Å². The van der Waals surface area contributed by atoms with E-state index in [0.29, 0.717) is 24.4 Å². The molecule has 6 heteroatoms. The Morgan fingerprint density at radius 3 is 2.92 bits per heavy atom. The first-order valence-electron chi connectivity index (χ1n) is 8.51. The summed E-state index contributed by atoms with van der Waals surface area (Å²) >= 11 is 0. The molecule has 3 rings (SSSR count). The number of fused-ring (bicyclic) bond motifs is 1. The lowest BCUT2D eigenvalue weighted by molar-refractivity contribution is -0.138. The Balaban J connectivity index is 2.14. The first-order valence-corrected chi connectivity index (χ1v) is 8.51. The molecule has 0 saturated heterocycles. The molecule has 130 valence electrons. The molecular weight excluding hydrogens is 316 g/mol. The van der Waals surface area contributed by atoms with Gasteiger partial charge in [-0.3, -0.25) is 4.79 Å². The summed E-state index contributed by atoms with van der Waals surface area (Å²) in [6.45, 7) is 4.18. The van der Waals surface area contributed by atoms with Crippen LogP contribution in [0.25, 0.3) is 11.1 Å². The van der Waals surface area contributed by atoms with Crippen LogP contribution in [0.3, 0.4) is 0 Å². The number of carbonyl (C=O) groups is 1. The van der Waals surface area contributed by atoms with Crippen LogP contribution < -0.4 is 5.73 Å². The lowest BCUT2D eigenvalue weighted by atomic mass is 9.80. The molecule has 0 saturated carbocycles. The predicted molar refractivity (Wildman–Crippen MR) is 94.9 cm³/mol. The van der Waals surface area contributed by atoms with Crippen molar-refractivity contribution >= 4 is 11.8 Å². The van der Waals surface area contributed by atoms with E-state index in [1.165, 1.54) is 0 Å². The normalized spacial score (nSPS) is 16.5. The van der Waals surface area contributed by atoms with Crippen molar-refractivity contribution in [3.8, 4) is 17.2 Å². The highest BCUT2D eigenvalue weighted by molar-refractivity contribution is 5.79. The van der Waals surface area contributed by atoms with Crippen LogP contribution in [0.15, 0.2) is 18.5 Å². The van der Waals surface area contributed by atoms with Crippen molar-refractivity contribution in [2.75, 3.05) is 5.73 Å². The SMILES string of the molecule is CC(C)n1ccc(-c2c(C#N)c(N)nc3c2CC(CC(=O)O)CC3)c1. The van der Waals surface area contributed by atoms with Gasteiger partial charge >= 0.3 is 5.97 Å². The fourth-order valence-electron chi connectivity index (χ4n) is 3.59. The third-order valence-electron chi connectivity index (χ3n) is 4.87. The van der Waals surface area contributed by atoms with Crippen molar-refractivity contribution < 1.29 is 9.90 Å². The fraction of sp³-hybridized carbons (Fsp3) is 0.421. The molecule has 1 unspecified atom stereocenters. The van der Waals surface area contributed by atoms with Crippen molar-refractivity contribution in [3.63, 3.8) is 0 Å². The molecule has 0 spiro atoms. The summed E-state index contributed by atoms with van der Waals surface area (Å²) in [4.78, 5) is 15.5. The molecule has 0 aliphatic heterocycles. The van der Waals surface area contributed by atoms with E-state index in [2.05, 4.69) is 29.5 Å². The number of hydrogen-bond acceptors (Lipinski definition) is 4. The van der Waals surface area contributed by atoms with Crippen LogP contribution in [-0.4, -0.2) is 20.6 Å². The first-order chi connectivity index (χ1) is 11.9. The van der Waals surface area contributed by atoms with Crippen molar-refractivity contribution in [2.24, 2.45) is 5.92 Å². The summed E-state index contributed by atoms with van der Waals surface area (Å²) < 4.78 is 2.08. The Kier molecular flexibility index (Phi) is 4.49. The van der Waals surface area contributed by atoms with Crippen LogP contribution in [0.1, 0.15) is 49.6 Å². The van der Waals surface area contributed by atoms with E-state index >= 15 is 0 Å². The minimum absolute atomic E-state index is 0.0629. The molecule has 25 heavy (non-hydrogen) atoms. The van der Waals surface area contributed by atoms with Gasteiger partial charge in [0.05, 0.1) is 0 Å². The maximum atomic E-state index is 11.1. The summed E-state index contributed by atoms with van der Waals surface area (Å²) in [6.07, 6.45) is 6.23. The molecule has 1 aliphatic rings. The molecule has 0 amide bonds. The van der Waals surface area contributed by atoms with Crippen molar-refractivity contribution in [1.29, 1.82) is 5.26 Å². The van der Waals surface area contributed by atoms with Crippen molar-refractivity contribution in [3.05, 3.63) is 35.3 Å². The standard InChI is InChI=1S/C19H22N4O2/c1-11(2)23-6-5-13(10-23)18-14-7-12(8-17(24)25)3-4-16(14)22-19(21)15(18)9-20/h5-6,10-12H,3-4,7-8H2,1-2H3,(H2,21,22)(H,24,25). The molecule has 6 nitrogen and oxygen atoms in total. The van der Waals surface area contributed by atoms with E-state index in [0.717, 1.165) is 28.8 Å². The minimum Gasteiger partial charge on any atom is -0.481 e. The van der Waals surface area contributed by atoms with Crippen LogP contribution in [-0.2, 0) is 17.6 Å². The number of rotatable bonds is 4. The largest absolute Gasteiger partial charge is 0.481 e. The van der Waals surface area contributed by atoms with E-state index in [1.807, 2.05) is 18.5 Å². The van der Waals surface area contributed by atoms with Crippen LogP contribution >= 0.6 is 0 Å². The summed E-state index contributed by atoms with van der Waals surface area (Å²) in [5.41, 5.74) is 10.1. The summed E-state index contributed by atoms with van der Waals surface area (Å²) in [6, 6.07) is 4.49. The topological polar surface area (TPSA) is 105 Å². The molecule has 0 aromatic carbocycles. The van der Waals surface area contributed by atoms with Crippen LogP contribution in [0.4, 0.5) is 5.82 Å². The van der Waals surface area contributed by atoms with Gasteiger partial charge < -0.3 is 15.4 Å². The van der Waals surface area contributed by atoms with E-state index < -0.39 is 5.97 Å². The smallest absolute Gasteiger partial charge is 0.303 e. The van der Waals surface area contributed by atoms with E-state index in [1.54, 1.807) is 0 Å². The minimum atomic E-state index is -0.787. The van der Waals surface area contributed by atoms with Gasteiger partial charge in [-0.1, -0.05) is 0 Å². The summed E-state index contributed by atoms with van der Waals surface area (Å²) in [5.74, 6) is -0.469. The Bertz CT molecular complexity index is 861. The Morgan fingerprint density at radius 2 is 2.32 bits per heavy atom. The highest BCUT2D eigenvalue weighted by Gasteiger charge is 2.28. The van der Waals surface area contributed by atoms with E-state index in [-0.39, 0.29) is 18.2 Å². The lowest BCUT2D eigenvalue weighted by Gasteiger charge is -2.26. The zero-order chi connectivity index (χ0) is 18.1. The molecule has 2 aromatic rings. The quantitative estimate of drug-likeness (QED) is 0.891. The number of aliphatic carboxylic acids is 1. The number of aromatic nitrogens is 2. The third kappa shape index (κ3) is 3.22. The molecule has 2 heterocycles. The number of anilines is 1. The number of aryl methyl sites for hydroxylation is 1. The molecule has 0 bridgehead atoms. The molecule has 0 fully saturated rings. The first kappa shape index (κ1) is 17.0. The van der Waals surface area contributed by atoms with Gasteiger partial charge in [-0.25, -0.2) is 4.98 Å². The second-order valence-electron chi connectivity index (χ2n) is 6.93. The van der Waals surface area contributed by atoms with Gasteiger partial charge in [0.1, 0.15) is 17.5 Å². The highest BCUT2D eigenvalue weighted by Crippen LogP contribution is 2.38. The number of hydrogen-bond donors (Lipinski definition) is 2. The van der Waals surface area contributed by atoms with Gasteiger partial charge in [-0.15, -0.1) is 0 Å². The number of nitriles is 1. The Hall–Kier alpha value is -2.81. The number of nitrogens with zero attached hydrogens (tertiary/aromatic N) is 3. The van der Waals surface area contributed by atoms with Gasteiger partial charge in [0.15, 0.2) is 0 Å². The lowest BCUT2D eigenvalue weighted by Crippen LogP contribution is -2.20. The second kappa shape index (κ2) is 6.60. The van der Waals surface area contributed by atoms with Crippen molar-refractivity contribution in [2.45, 2.75) is 45.6 Å². The van der Waals surface area contributed by atoms with Gasteiger partial charge in [-0.05, 0) is 50.7 Å². The highest BCUT2D eigenvalue weighted by atomic mass is 16.4. The van der Waals surface area contributed by atoms with Crippen LogP contribution in [0.5, 0.6) is 0 Å². The molecule has 2 aromatic heterocycles.